The van der Waals surface area contributed by atoms with Gasteiger partial charge in [-0.15, -0.1) is 0 Å². The average Bonchev–Trinajstić information content (AvgIpc) is 2.87. The van der Waals surface area contributed by atoms with Crippen molar-refractivity contribution in [3.05, 3.63) is 94.0 Å². The maximum absolute atomic E-state index is 10.5. The molecule has 0 saturated carbocycles. The normalized spacial score (nSPS) is 13.1. The highest BCUT2D eigenvalue weighted by Gasteiger charge is 2.31. The molecule has 0 heterocycles. The van der Waals surface area contributed by atoms with Gasteiger partial charge in [-0.1, -0.05) is 89.2 Å². The van der Waals surface area contributed by atoms with Crippen LogP contribution in [0.2, 0.25) is 0 Å². The van der Waals surface area contributed by atoms with Gasteiger partial charge in [0.2, 0.25) is 0 Å². The molecule has 0 aliphatic carbocycles. The summed E-state index contributed by atoms with van der Waals surface area (Å²) in [4.78, 5) is 0. The highest BCUT2D eigenvalue weighted by Crippen LogP contribution is 2.41. The van der Waals surface area contributed by atoms with E-state index in [9.17, 15) is 5.11 Å². The van der Waals surface area contributed by atoms with Crippen molar-refractivity contribution in [1.29, 1.82) is 0 Å². The second kappa shape index (κ2) is 12.4. The lowest BCUT2D eigenvalue weighted by molar-refractivity contribution is -0.0112. The van der Waals surface area contributed by atoms with Crippen LogP contribution in [0.3, 0.4) is 0 Å². The van der Waals surface area contributed by atoms with Gasteiger partial charge in [-0.2, -0.15) is 0 Å². The van der Waals surface area contributed by atoms with Crippen LogP contribution in [0.1, 0.15) is 87.3 Å². The largest absolute Gasteiger partial charge is 0.393 e. The molecule has 0 radical (unpaired) electrons. The third-order valence-electron chi connectivity index (χ3n) is 8.17. The summed E-state index contributed by atoms with van der Waals surface area (Å²) in [6.07, 6.45) is 3.42. The molecule has 0 aliphatic heterocycles. The van der Waals surface area contributed by atoms with E-state index in [1.54, 1.807) is 0 Å². The number of benzene rings is 3. The number of hydrogen-bond donors (Lipinski definition) is 2. The topological polar surface area (TPSA) is 49.7 Å². The average molecular weight is 503 g/mol. The van der Waals surface area contributed by atoms with Gasteiger partial charge in [0.25, 0.3) is 0 Å². The zero-order valence-electron chi connectivity index (χ0n) is 23.9. The van der Waals surface area contributed by atoms with Crippen LogP contribution in [-0.2, 0) is 23.2 Å². The van der Waals surface area contributed by atoms with E-state index in [4.69, 9.17) is 9.84 Å². The Hall–Kier alpha value is -2.46. The summed E-state index contributed by atoms with van der Waals surface area (Å²) in [5.41, 5.74) is 9.91. The second-order valence-electron chi connectivity index (χ2n) is 11.6. The zero-order chi connectivity index (χ0) is 27.2. The highest BCUT2D eigenvalue weighted by molar-refractivity contribution is 5.69. The van der Waals surface area contributed by atoms with Gasteiger partial charge in [0.1, 0.15) is 6.79 Å². The minimum atomic E-state index is -0.304. The van der Waals surface area contributed by atoms with Crippen molar-refractivity contribution < 1.29 is 14.9 Å². The zero-order valence-corrected chi connectivity index (χ0v) is 23.9. The summed E-state index contributed by atoms with van der Waals surface area (Å²) in [7, 11) is 0. The SMILES string of the molecule is CCC(CC)(c1ccc(CCC(O)C(C)(C)C)c(C)c1)c1ccc(-c2cccc(COCO)c2)c(C)c1. The van der Waals surface area contributed by atoms with Gasteiger partial charge in [-0.05, 0) is 95.5 Å². The Kier molecular flexibility index (Phi) is 9.74. The van der Waals surface area contributed by atoms with Crippen molar-refractivity contribution in [3.63, 3.8) is 0 Å². The molecule has 0 amide bonds. The Morgan fingerprint density at radius 3 is 2.05 bits per heavy atom. The maximum Gasteiger partial charge on any atom is 0.144 e. The summed E-state index contributed by atoms with van der Waals surface area (Å²) in [6.45, 7) is 15.4. The minimum Gasteiger partial charge on any atom is -0.393 e. The van der Waals surface area contributed by atoms with E-state index in [2.05, 4.69) is 97.0 Å². The first-order chi connectivity index (χ1) is 17.6. The van der Waals surface area contributed by atoms with Crippen LogP contribution in [0.25, 0.3) is 11.1 Å². The lowest BCUT2D eigenvalue weighted by atomic mass is 9.69. The Morgan fingerprint density at radius 2 is 1.49 bits per heavy atom. The summed E-state index contributed by atoms with van der Waals surface area (Å²) in [5, 5.41) is 19.5. The first kappa shape index (κ1) is 29.1. The molecule has 0 saturated heterocycles. The summed E-state index contributed by atoms with van der Waals surface area (Å²) in [6, 6.07) is 22.2. The maximum atomic E-state index is 10.5. The number of aliphatic hydroxyl groups excluding tert-OH is 2. The van der Waals surface area contributed by atoms with Gasteiger partial charge < -0.3 is 14.9 Å². The number of aryl methyl sites for hydroxylation is 3. The van der Waals surface area contributed by atoms with E-state index >= 15 is 0 Å². The first-order valence-corrected chi connectivity index (χ1v) is 13.7. The number of rotatable bonds is 11. The van der Waals surface area contributed by atoms with Crippen molar-refractivity contribution >= 4 is 0 Å². The molecule has 0 bridgehead atoms. The molecule has 0 fully saturated rings. The van der Waals surface area contributed by atoms with Crippen molar-refractivity contribution in [3.8, 4) is 11.1 Å². The number of hydrogen-bond acceptors (Lipinski definition) is 3. The Labute approximate surface area is 224 Å². The van der Waals surface area contributed by atoms with Gasteiger partial charge in [0.15, 0.2) is 0 Å². The fourth-order valence-electron chi connectivity index (χ4n) is 5.51. The summed E-state index contributed by atoms with van der Waals surface area (Å²) in [5.74, 6) is 0. The third kappa shape index (κ3) is 6.71. The molecule has 3 aromatic rings. The van der Waals surface area contributed by atoms with Gasteiger partial charge in [-0.25, -0.2) is 0 Å². The smallest absolute Gasteiger partial charge is 0.144 e. The molecule has 37 heavy (non-hydrogen) atoms. The van der Waals surface area contributed by atoms with Crippen LogP contribution in [0.4, 0.5) is 0 Å². The lowest BCUT2D eigenvalue weighted by Crippen LogP contribution is -2.27. The van der Waals surface area contributed by atoms with Crippen LogP contribution < -0.4 is 0 Å². The second-order valence-corrected chi connectivity index (χ2v) is 11.6. The van der Waals surface area contributed by atoms with Crippen molar-refractivity contribution in [2.75, 3.05) is 6.79 Å². The van der Waals surface area contributed by atoms with Crippen molar-refractivity contribution in [2.45, 2.75) is 92.3 Å². The van der Waals surface area contributed by atoms with Crippen molar-refractivity contribution in [1.82, 2.24) is 0 Å². The fourth-order valence-corrected chi connectivity index (χ4v) is 5.51. The molecule has 200 valence electrons. The lowest BCUT2D eigenvalue weighted by Gasteiger charge is -2.34. The van der Waals surface area contributed by atoms with Gasteiger partial charge >= 0.3 is 0 Å². The van der Waals surface area contributed by atoms with Gasteiger partial charge in [-0.3, -0.25) is 0 Å². The van der Waals surface area contributed by atoms with Gasteiger partial charge in [0, 0.05) is 5.41 Å². The predicted octanol–water partition coefficient (Wildman–Crippen LogP) is 7.88. The molecule has 0 aromatic heterocycles. The van der Waals surface area contributed by atoms with E-state index in [0.717, 1.165) is 31.2 Å². The Balaban J connectivity index is 1.92. The first-order valence-electron chi connectivity index (χ1n) is 13.7. The number of ether oxygens (including phenoxy) is 1. The predicted molar refractivity (Wildman–Crippen MR) is 155 cm³/mol. The Bertz CT molecular complexity index is 1170. The van der Waals surface area contributed by atoms with Crippen LogP contribution in [-0.4, -0.2) is 23.1 Å². The molecule has 3 rings (SSSR count). The van der Waals surface area contributed by atoms with E-state index in [1.807, 2.05) is 12.1 Å². The molecule has 3 aromatic carbocycles. The van der Waals surface area contributed by atoms with E-state index in [1.165, 1.54) is 38.9 Å². The van der Waals surface area contributed by atoms with Gasteiger partial charge in [0.05, 0.1) is 12.7 Å². The summed E-state index contributed by atoms with van der Waals surface area (Å²) >= 11 is 0. The van der Waals surface area contributed by atoms with Crippen LogP contribution in [0.15, 0.2) is 60.7 Å². The quantitative estimate of drug-likeness (QED) is 0.262. The molecule has 0 spiro atoms. The molecule has 2 N–H and O–H groups in total. The molecule has 1 atom stereocenters. The standard InChI is InChI=1S/C34H46O3/c1-8-34(9-2,29-15-13-27(24(3)19-29)14-18-32(36)33(5,6)7)30-16-17-31(25(4)20-30)28-12-10-11-26(21-28)22-37-23-35/h10-13,15-17,19-21,32,35-36H,8-9,14,18,22-23H2,1-7H3. The minimum absolute atomic E-state index is 0.0473. The highest BCUT2D eigenvalue weighted by atomic mass is 16.6. The Morgan fingerprint density at radius 1 is 0.838 bits per heavy atom. The summed E-state index contributed by atoms with van der Waals surface area (Å²) < 4.78 is 5.19. The van der Waals surface area contributed by atoms with E-state index in [0.29, 0.717) is 6.61 Å². The van der Waals surface area contributed by atoms with Crippen LogP contribution in [0, 0.1) is 19.3 Å². The molecular weight excluding hydrogens is 456 g/mol. The molecule has 0 aliphatic rings. The molecule has 3 nitrogen and oxygen atoms in total. The third-order valence-corrected chi connectivity index (χ3v) is 8.17. The monoisotopic (exact) mass is 502 g/mol. The van der Waals surface area contributed by atoms with Crippen molar-refractivity contribution in [2.24, 2.45) is 5.41 Å². The van der Waals surface area contributed by atoms with Crippen LogP contribution >= 0.6 is 0 Å². The van der Waals surface area contributed by atoms with Crippen LogP contribution in [0.5, 0.6) is 0 Å². The molecule has 3 heteroatoms. The van der Waals surface area contributed by atoms with E-state index in [-0.39, 0.29) is 23.7 Å². The molecular formula is C34H46O3. The van der Waals surface area contributed by atoms with E-state index < -0.39 is 0 Å². The molecule has 1 unspecified atom stereocenters. The number of aliphatic hydroxyl groups is 2. The fraction of sp³-hybridized carbons (Fsp3) is 0.471.